The van der Waals surface area contributed by atoms with Crippen molar-refractivity contribution in [3.05, 3.63) is 29.8 Å². The summed E-state index contributed by atoms with van der Waals surface area (Å²) in [5, 5.41) is 11.7. The van der Waals surface area contributed by atoms with Crippen LogP contribution in [0.3, 0.4) is 0 Å². The van der Waals surface area contributed by atoms with E-state index in [1.54, 1.807) is 25.2 Å². The first-order chi connectivity index (χ1) is 10.1. The van der Waals surface area contributed by atoms with E-state index >= 15 is 0 Å². The fraction of sp³-hybridized carbons (Fsp3) is 0.467. The molecule has 2 rings (SSSR count). The fourth-order valence-electron chi connectivity index (χ4n) is 2.60. The molecule has 0 radical (unpaired) electrons. The Morgan fingerprint density at radius 1 is 1.43 bits per heavy atom. The van der Waals surface area contributed by atoms with Gasteiger partial charge in [0.15, 0.2) is 0 Å². The molecule has 1 saturated heterocycles. The van der Waals surface area contributed by atoms with Gasteiger partial charge >= 0.3 is 5.97 Å². The summed E-state index contributed by atoms with van der Waals surface area (Å²) in [7, 11) is 1.64. The van der Waals surface area contributed by atoms with Crippen molar-refractivity contribution in [1.82, 2.24) is 10.2 Å². The van der Waals surface area contributed by atoms with Gasteiger partial charge in [0.2, 0.25) is 5.91 Å². The maximum Gasteiger partial charge on any atom is 0.339 e. The first-order valence-corrected chi connectivity index (χ1v) is 7.04. The molecule has 1 heterocycles. The molecule has 114 valence electrons. The van der Waals surface area contributed by atoms with Gasteiger partial charge in [-0.05, 0) is 31.5 Å². The quantitative estimate of drug-likeness (QED) is 0.817. The smallest absolute Gasteiger partial charge is 0.339 e. The van der Waals surface area contributed by atoms with E-state index in [0.29, 0.717) is 18.9 Å². The van der Waals surface area contributed by atoms with Gasteiger partial charge in [0, 0.05) is 13.6 Å². The predicted octanol–water partition coefficient (Wildman–Crippen LogP) is 0.974. The molecule has 21 heavy (non-hydrogen) atoms. The fourth-order valence-corrected chi connectivity index (χ4v) is 2.60. The Kier molecular flexibility index (Phi) is 5.16. The van der Waals surface area contributed by atoms with Crippen molar-refractivity contribution in [2.24, 2.45) is 0 Å². The first kappa shape index (κ1) is 15.3. The van der Waals surface area contributed by atoms with Crippen LogP contribution in [-0.2, 0) is 4.79 Å². The van der Waals surface area contributed by atoms with Crippen LogP contribution in [0.15, 0.2) is 24.3 Å². The van der Waals surface area contributed by atoms with E-state index in [-0.39, 0.29) is 17.5 Å². The summed E-state index contributed by atoms with van der Waals surface area (Å²) < 4.78 is 5.57. The number of hydrogen-bond donors (Lipinski definition) is 2. The van der Waals surface area contributed by atoms with Crippen LogP contribution >= 0.6 is 0 Å². The van der Waals surface area contributed by atoms with Crippen molar-refractivity contribution >= 4 is 11.9 Å². The predicted molar refractivity (Wildman–Crippen MR) is 77.6 cm³/mol. The SMILES string of the molecule is CNC(=O)C1CCCN1CCOc1ccccc1C(=O)O. The van der Waals surface area contributed by atoms with Gasteiger partial charge in [0.1, 0.15) is 17.9 Å². The second-order valence-electron chi connectivity index (χ2n) is 4.96. The van der Waals surface area contributed by atoms with Gasteiger partial charge in [-0.1, -0.05) is 12.1 Å². The lowest BCUT2D eigenvalue weighted by atomic mass is 10.2. The number of amides is 1. The van der Waals surface area contributed by atoms with Gasteiger partial charge in [0.05, 0.1) is 6.04 Å². The summed E-state index contributed by atoms with van der Waals surface area (Å²) >= 11 is 0. The summed E-state index contributed by atoms with van der Waals surface area (Å²) in [6.45, 7) is 1.83. The van der Waals surface area contributed by atoms with E-state index in [1.165, 1.54) is 6.07 Å². The molecule has 1 atom stereocenters. The normalized spacial score (nSPS) is 18.4. The molecule has 0 bridgehead atoms. The van der Waals surface area contributed by atoms with Crippen molar-refractivity contribution < 1.29 is 19.4 Å². The van der Waals surface area contributed by atoms with Gasteiger partial charge in [-0.3, -0.25) is 9.69 Å². The highest BCUT2D eigenvalue weighted by molar-refractivity contribution is 5.90. The minimum Gasteiger partial charge on any atom is -0.491 e. The van der Waals surface area contributed by atoms with E-state index < -0.39 is 5.97 Å². The number of likely N-dealkylation sites (tertiary alicyclic amines) is 1. The molecule has 1 aliphatic rings. The van der Waals surface area contributed by atoms with Gasteiger partial charge in [-0.2, -0.15) is 0 Å². The number of carbonyl (C=O) groups excluding carboxylic acids is 1. The highest BCUT2D eigenvalue weighted by Gasteiger charge is 2.29. The lowest BCUT2D eigenvalue weighted by molar-refractivity contribution is -0.125. The average molecular weight is 292 g/mol. The van der Waals surface area contributed by atoms with Crippen molar-refractivity contribution in [2.75, 3.05) is 26.7 Å². The third kappa shape index (κ3) is 3.72. The number of carboxylic acid groups (broad SMARTS) is 1. The number of carbonyl (C=O) groups is 2. The molecule has 1 aliphatic heterocycles. The van der Waals surface area contributed by atoms with Crippen molar-refractivity contribution in [2.45, 2.75) is 18.9 Å². The molecule has 1 amide bonds. The maximum absolute atomic E-state index is 11.7. The zero-order valence-electron chi connectivity index (χ0n) is 12.0. The lowest BCUT2D eigenvalue weighted by Gasteiger charge is -2.23. The van der Waals surface area contributed by atoms with Crippen LogP contribution in [0.25, 0.3) is 0 Å². The molecule has 6 heteroatoms. The molecule has 1 unspecified atom stereocenters. The Labute approximate surface area is 123 Å². The zero-order valence-corrected chi connectivity index (χ0v) is 12.0. The Morgan fingerprint density at radius 3 is 2.90 bits per heavy atom. The van der Waals surface area contributed by atoms with Crippen molar-refractivity contribution in [3.8, 4) is 5.75 Å². The van der Waals surface area contributed by atoms with Crippen molar-refractivity contribution in [1.29, 1.82) is 0 Å². The molecule has 1 aromatic rings. The van der Waals surface area contributed by atoms with E-state index in [2.05, 4.69) is 10.2 Å². The van der Waals surface area contributed by atoms with Crippen LogP contribution < -0.4 is 10.1 Å². The summed E-state index contributed by atoms with van der Waals surface area (Å²) in [6, 6.07) is 6.46. The number of likely N-dealkylation sites (N-methyl/N-ethyl adjacent to an activating group) is 1. The summed E-state index contributed by atoms with van der Waals surface area (Å²) in [5.74, 6) is -0.617. The van der Waals surface area contributed by atoms with E-state index in [0.717, 1.165) is 19.4 Å². The third-order valence-electron chi connectivity index (χ3n) is 3.67. The highest BCUT2D eigenvalue weighted by atomic mass is 16.5. The number of hydrogen-bond acceptors (Lipinski definition) is 4. The Bertz CT molecular complexity index is 518. The van der Waals surface area contributed by atoms with Crippen LogP contribution in [-0.4, -0.2) is 54.7 Å². The van der Waals surface area contributed by atoms with Crippen LogP contribution in [0.1, 0.15) is 23.2 Å². The van der Waals surface area contributed by atoms with E-state index in [4.69, 9.17) is 9.84 Å². The number of benzene rings is 1. The molecule has 1 fully saturated rings. The number of nitrogens with zero attached hydrogens (tertiary/aromatic N) is 1. The summed E-state index contributed by atoms with van der Waals surface area (Å²) in [4.78, 5) is 24.9. The standard InChI is InChI=1S/C15H20N2O4/c1-16-14(18)12-6-4-8-17(12)9-10-21-13-7-3-2-5-11(13)15(19)20/h2-3,5,7,12H,4,6,8-10H2,1H3,(H,16,18)(H,19,20). The largest absolute Gasteiger partial charge is 0.491 e. The van der Waals surface area contributed by atoms with E-state index in [1.807, 2.05) is 0 Å². The molecular formula is C15H20N2O4. The monoisotopic (exact) mass is 292 g/mol. The lowest BCUT2D eigenvalue weighted by Crippen LogP contribution is -2.43. The van der Waals surface area contributed by atoms with Gasteiger partial charge in [-0.15, -0.1) is 0 Å². The van der Waals surface area contributed by atoms with Crippen LogP contribution in [0.5, 0.6) is 5.75 Å². The second-order valence-corrected chi connectivity index (χ2v) is 4.96. The zero-order chi connectivity index (χ0) is 15.2. The molecule has 0 saturated carbocycles. The Hall–Kier alpha value is -2.08. The van der Waals surface area contributed by atoms with Gasteiger partial charge in [0.25, 0.3) is 0 Å². The average Bonchev–Trinajstić information content (AvgIpc) is 2.95. The molecular weight excluding hydrogens is 272 g/mol. The van der Waals surface area contributed by atoms with Crippen LogP contribution in [0.4, 0.5) is 0 Å². The van der Waals surface area contributed by atoms with Crippen LogP contribution in [0.2, 0.25) is 0 Å². The second kappa shape index (κ2) is 7.08. The Morgan fingerprint density at radius 2 is 2.19 bits per heavy atom. The minimum absolute atomic E-state index is 0.0263. The molecule has 0 aliphatic carbocycles. The number of para-hydroxylation sites is 1. The highest BCUT2D eigenvalue weighted by Crippen LogP contribution is 2.19. The number of carboxylic acids is 1. The molecule has 6 nitrogen and oxygen atoms in total. The third-order valence-corrected chi connectivity index (χ3v) is 3.67. The first-order valence-electron chi connectivity index (χ1n) is 7.04. The molecule has 0 aromatic heterocycles. The number of aromatic carboxylic acids is 1. The van der Waals surface area contributed by atoms with Crippen molar-refractivity contribution in [3.63, 3.8) is 0 Å². The molecule has 1 aromatic carbocycles. The number of ether oxygens (including phenoxy) is 1. The summed E-state index contributed by atoms with van der Waals surface area (Å²) in [6.07, 6.45) is 1.84. The molecule has 2 N–H and O–H groups in total. The maximum atomic E-state index is 11.7. The van der Waals surface area contributed by atoms with Crippen LogP contribution in [0, 0.1) is 0 Å². The summed E-state index contributed by atoms with van der Waals surface area (Å²) in [5.41, 5.74) is 0.154. The minimum atomic E-state index is -1.00. The van der Waals surface area contributed by atoms with Gasteiger partial charge in [-0.25, -0.2) is 4.79 Å². The Balaban J connectivity index is 1.90. The topological polar surface area (TPSA) is 78.9 Å². The number of nitrogens with one attached hydrogen (secondary N) is 1. The van der Waals surface area contributed by atoms with Gasteiger partial charge < -0.3 is 15.2 Å². The number of rotatable bonds is 6. The molecule has 0 spiro atoms. The van der Waals surface area contributed by atoms with E-state index in [9.17, 15) is 9.59 Å².